The number of alkyl halides is 3. The van der Waals surface area contributed by atoms with Crippen molar-refractivity contribution in [3.63, 3.8) is 0 Å². The third-order valence-electron chi connectivity index (χ3n) is 2.13. The molecule has 0 unspecified atom stereocenters. The van der Waals surface area contributed by atoms with Crippen LogP contribution in [0.2, 0.25) is 5.02 Å². The van der Waals surface area contributed by atoms with Gasteiger partial charge < -0.3 is 0 Å². The molecule has 1 atom stereocenters. The van der Waals surface area contributed by atoms with Gasteiger partial charge in [0.05, 0.1) is 10.3 Å². The monoisotopic (exact) mass is 311 g/mol. The first-order valence-electron chi connectivity index (χ1n) is 5.34. The van der Waals surface area contributed by atoms with Crippen molar-refractivity contribution in [3.05, 3.63) is 34.3 Å². The van der Waals surface area contributed by atoms with E-state index in [1.807, 2.05) is 0 Å². The van der Waals surface area contributed by atoms with E-state index in [0.29, 0.717) is 0 Å². The molecule has 0 spiro atoms. The molecule has 7 heteroatoms. The minimum atomic E-state index is -4.50. The highest BCUT2D eigenvalue weighted by Gasteiger charge is 2.33. The van der Waals surface area contributed by atoms with Crippen LogP contribution in [0.5, 0.6) is 0 Å². The van der Waals surface area contributed by atoms with Crippen molar-refractivity contribution in [1.82, 2.24) is 0 Å². The summed E-state index contributed by atoms with van der Waals surface area (Å²) in [6, 6.07) is 3.18. The maximum atomic E-state index is 12.8. The Labute approximate surface area is 117 Å². The molecule has 1 rings (SSSR count). The van der Waals surface area contributed by atoms with Crippen molar-refractivity contribution in [1.29, 1.82) is 0 Å². The Morgan fingerprint density at radius 3 is 2.32 bits per heavy atom. The Balaban J connectivity index is 3.17. The molecule has 106 valence electrons. The third-order valence-corrected chi connectivity index (χ3v) is 3.71. The fourth-order valence-corrected chi connectivity index (χ4v) is 1.87. The summed E-state index contributed by atoms with van der Waals surface area (Å²) in [4.78, 5) is 0. The van der Waals surface area contributed by atoms with Gasteiger partial charge in [0.15, 0.2) is 0 Å². The van der Waals surface area contributed by atoms with Crippen LogP contribution in [0, 0.1) is 0 Å². The molecular weight excluding hydrogens is 299 g/mol. The summed E-state index contributed by atoms with van der Waals surface area (Å²) in [7, 11) is -1.62. The number of rotatable bonds is 2. The van der Waals surface area contributed by atoms with Crippen LogP contribution in [0.1, 0.15) is 31.9 Å². The second kappa shape index (κ2) is 5.63. The van der Waals surface area contributed by atoms with Crippen molar-refractivity contribution in [2.24, 2.45) is 4.40 Å². The van der Waals surface area contributed by atoms with E-state index in [1.165, 1.54) is 0 Å². The molecule has 0 amide bonds. The van der Waals surface area contributed by atoms with E-state index in [-0.39, 0.29) is 10.6 Å². The van der Waals surface area contributed by atoms with Crippen LogP contribution in [0.3, 0.4) is 0 Å². The van der Waals surface area contributed by atoms with Crippen LogP contribution in [-0.4, -0.2) is 15.2 Å². The molecule has 2 nitrogen and oxygen atoms in total. The molecule has 0 N–H and O–H groups in total. The molecule has 0 aliphatic rings. The average molecular weight is 312 g/mol. The van der Waals surface area contributed by atoms with Crippen LogP contribution in [0.4, 0.5) is 13.2 Å². The second-order valence-electron chi connectivity index (χ2n) is 4.83. The lowest BCUT2D eigenvalue weighted by molar-refractivity contribution is -0.137. The first-order valence-corrected chi connectivity index (χ1v) is 6.83. The fourth-order valence-electron chi connectivity index (χ4n) is 1.16. The molecule has 0 radical (unpaired) electrons. The summed E-state index contributed by atoms with van der Waals surface area (Å²) in [5.41, 5.74) is -1.05. The van der Waals surface area contributed by atoms with Gasteiger partial charge in [0.25, 0.3) is 0 Å². The first kappa shape index (κ1) is 16.2. The molecular formula is C12H13ClF3NOS. The Hall–Kier alpha value is -0.880. The molecule has 0 bridgehead atoms. The average Bonchev–Trinajstić information content (AvgIpc) is 2.22. The van der Waals surface area contributed by atoms with Crippen molar-refractivity contribution >= 4 is 28.8 Å². The van der Waals surface area contributed by atoms with Gasteiger partial charge in [-0.15, -0.1) is 0 Å². The second-order valence-corrected chi connectivity index (χ2v) is 7.20. The van der Waals surface area contributed by atoms with Crippen LogP contribution in [0.15, 0.2) is 22.6 Å². The number of halogens is 4. The SMILES string of the molecule is CC(C)(C)[S@](=O)N=Cc1cc(Cl)ccc1C(F)(F)F. The lowest BCUT2D eigenvalue weighted by atomic mass is 10.1. The Kier molecular flexibility index (Phi) is 4.79. The van der Waals surface area contributed by atoms with Crippen LogP contribution in [0.25, 0.3) is 0 Å². The quantitative estimate of drug-likeness (QED) is 0.751. The van der Waals surface area contributed by atoms with E-state index in [9.17, 15) is 17.4 Å². The minimum Gasteiger partial charge on any atom is -0.234 e. The summed E-state index contributed by atoms with van der Waals surface area (Å²) >= 11 is 5.67. The van der Waals surface area contributed by atoms with Gasteiger partial charge in [-0.2, -0.15) is 17.6 Å². The normalized spacial score (nSPS) is 14.9. The number of benzene rings is 1. The molecule has 1 aromatic rings. The highest BCUT2D eigenvalue weighted by molar-refractivity contribution is 7.85. The zero-order valence-corrected chi connectivity index (χ0v) is 12.2. The zero-order chi connectivity index (χ0) is 14.8. The number of hydrogen-bond donors (Lipinski definition) is 0. The lowest BCUT2D eigenvalue weighted by Gasteiger charge is -2.13. The van der Waals surface area contributed by atoms with Crippen LogP contribution in [-0.2, 0) is 17.2 Å². The summed E-state index contributed by atoms with van der Waals surface area (Å²) in [5, 5.41) is 0.163. The van der Waals surface area contributed by atoms with E-state index in [1.54, 1.807) is 20.8 Å². The summed E-state index contributed by atoms with van der Waals surface area (Å²) in [6.07, 6.45) is -3.55. The number of hydrogen-bond acceptors (Lipinski definition) is 1. The smallest absolute Gasteiger partial charge is 0.234 e. The van der Waals surface area contributed by atoms with Gasteiger partial charge in [-0.25, -0.2) is 4.21 Å². The molecule has 0 fully saturated rings. The van der Waals surface area contributed by atoms with Gasteiger partial charge in [0.1, 0.15) is 11.0 Å². The van der Waals surface area contributed by atoms with Crippen molar-refractivity contribution in [2.45, 2.75) is 31.7 Å². The van der Waals surface area contributed by atoms with Gasteiger partial charge in [0, 0.05) is 16.8 Å². The van der Waals surface area contributed by atoms with E-state index >= 15 is 0 Å². The molecule has 1 aromatic carbocycles. The standard InChI is InChI=1S/C12H13ClF3NOS/c1-11(2,3)19(18)17-7-8-6-9(13)4-5-10(8)12(14,15)16/h4-7H,1-3H3/t19-/m0/s1. The van der Waals surface area contributed by atoms with Crippen molar-refractivity contribution in [2.75, 3.05) is 0 Å². The van der Waals surface area contributed by atoms with Gasteiger partial charge in [-0.3, -0.25) is 0 Å². The largest absolute Gasteiger partial charge is 0.417 e. The molecule has 0 saturated heterocycles. The van der Waals surface area contributed by atoms with Gasteiger partial charge in [-0.1, -0.05) is 11.6 Å². The highest BCUT2D eigenvalue weighted by atomic mass is 35.5. The van der Waals surface area contributed by atoms with Gasteiger partial charge >= 0.3 is 6.18 Å². The van der Waals surface area contributed by atoms with Crippen molar-refractivity contribution < 1.29 is 17.4 Å². The van der Waals surface area contributed by atoms with E-state index < -0.39 is 27.5 Å². The van der Waals surface area contributed by atoms with Gasteiger partial charge in [-0.05, 0) is 39.0 Å². The molecule has 19 heavy (non-hydrogen) atoms. The predicted molar refractivity (Wildman–Crippen MR) is 71.9 cm³/mol. The topological polar surface area (TPSA) is 29.4 Å². The molecule has 0 aliphatic carbocycles. The molecule has 0 aromatic heterocycles. The number of nitrogens with zero attached hydrogens (tertiary/aromatic N) is 1. The molecule has 0 heterocycles. The lowest BCUT2D eigenvalue weighted by Crippen LogP contribution is -2.20. The van der Waals surface area contributed by atoms with E-state index in [0.717, 1.165) is 24.4 Å². The Bertz CT molecular complexity index is 521. The van der Waals surface area contributed by atoms with Crippen molar-refractivity contribution in [3.8, 4) is 0 Å². The summed E-state index contributed by atoms with van der Waals surface area (Å²) in [5.74, 6) is 0. The maximum Gasteiger partial charge on any atom is 0.417 e. The van der Waals surface area contributed by atoms with Crippen LogP contribution < -0.4 is 0 Å². The Morgan fingerprint density at radius 2 is 1.84 bits per heavy atom. The first-order chi connectivity index (χ1) is 8.51. The third kappa shape index (κ3) is 4.62. The minimum absolute atomic E-state index is 0.163. The van der Waals surface area contributed by atoms with Crippen LogP contribution >= 0.6 is 11.6 Å². The molecule has 0 saturated carbocycles. The maximum absolute atomic E-state index is 12.8. The van der Waals surface area contributed by atoms with E-state index in [2.05, 4.69) is 4.40 Å². The van der Waals surface area contributed by atoms with Gasteiger partial charge in [0.2, 0.25) is 0 Å². The molecule has 0 aliphatic heterocycles. The zero-order valence-electron chi connectivity index (χ0n) is 10.6. The van der Waals surface area contributed by atoms with E-state index in [4.69, 9.17) is 11.6 Å². The highest BCUT2D eigenvalue weighted by Crippen LogP contribution is 2.32. The Morgan fingerprint density at radius 1 is 1.26 bits per heavy atom. The summed E-state index contributed by atoms with van der Waals surface area (Å²) < 4.78 is 53.0. The summed E-state index contributed by atoms with van der Waals surface area (Å²) in [6.45, 7) is 5.05. The fraction of sp³-hybridized carbons (Fsp3) is 0.417. The predicted octanol–water partition coefficient (Wildman–Crippen LogP) is 4.24.